The lowest BCUT2D eigenvalue weighted by molar-refractivity contribution is 0.125. The third-order valence-electron chi connectivity index (χ3n) is 6.31. The fourth-order valence-corrected chi connectivity index (χ4v) is 4.41. The normalized spacial score (nSPS) is 16.1. The Balaban J connectivity index is 1.78. The van der Waals surface area contributed by atoms with Crippen LogP contribution in [0.3, 0.4) is 0 Å². The van der Waals surface area contributed by atoms with Crippen molar-refractivity contribution in [3.05, 3.63) is 93.4 Å². The van der Waals surface area contributed by atoms with Crippen molar-refractivity contribution >= 4 is 0 Å². The van der Waals surface area contributed by atoms with Crippen LogP contribution in [0, 0.1) is 6.92 Å². The van der Waals surface area contributed by atoms with Gasteiger partial charge in [0.05, 0.1) is 25.3 Å². The third kappa shape index (κ3) is 4.56. The molecule has 0 bridgehead atoms. The second-order valence-electron chi connectivity index (χ2n) is 8.48. The molecule has 0 saturated carbocycles. The molecule has 0 unspecified atom stereocenters. The van der Waals surface area contributed by atoms with Crippen LogP contribution in [0.4, 0.5) is 0 Å². The molecular formula is C26H31N3O3. The molecule has 1 atom stereocenters. The van der Waals surface area contributed by atoms with Gasteiger partial charge in [-0.25, -0.2) is 0 Å². The van der Waals surface area contributed by atoms with E-state index in [9.17, 15) is 9.90 Å². The molecule has 1 aromatic heterocycles. The minimum Gasteiger partial charge on any atom is -0.507 e. The summed E-state index contributed by atoms with van der Waals surface area (Å²) < 4.78 is 7.00. The Bertz CT molecular complexity index is 1100. The van der Waals surface area contributed by atoms with Gasteiger partial charge < -0.3 is 19.3 Å². The number of rotatable bonds is 6. The summed E-state index contributed by atoms with van der Waals surface area (Å²) in [5.74, 6) is 0.842. The first kappa shape index (κ1) is 22.1. The highest BCUT2D eigenvalue weighted by molar-refractivity contribution is 5.41. The second kappa shape index (κ2) is 9.59. The maximum atomic E-state index is 13.8. The fourth-order valence-electron chi connectivity index (χ4n) is 4.41. The molecule has 2 heterocycles. The van der Waals surface area contributed by atoms with E-state index in [1.807, 2.05) is 61.5 Å². The summed E-state index contributed by atoms with van der Waals surface area (Å²) in [7, 11) is 3.75. The predicted molar refractivity (Wildman–Crippen MR) is 127 cm³/mol. The van der Waals surface area contributed by atoms with E-state index in [2.05, 4.69) is 16.8 Å². The fraction of sp³-hybridized carbons (Fsp3) is 0.346. The first-order valence-electron chi connectivity index (χ1n) is 11.0. The highest BCUT2D eigenvalue weighted by Crippen LogP contribution is 2.33. The lowest BCUT2D eigenvalue weighted by Gasteiger charge is -2.38. The minimum atomic E-state index is -0.292. The highest BCUT2D eigenvalue weighted by atomic mass is 16.5. The summed E-state index contributed by atoms with van der Waals surface area (Å²) >= 11 is 0. The zero-order valence-corrected chi connectivity index (χ0v) is 19.0. The van der Waals surface area contributed by atoms with E-state index in [1.54, 1.807) is 17.7 Å². The number of hydrogen-bond acceptors (Lipinski definition) is 5. The van der Waals surface area contributed by atoms with Gasteiger partial charge in [0.2, 0.25) is 0 Å². The smallest absolute Gasteiger partial charge is 0.259 e. The minimum absolute atomic E-state index is 0.0614. The lowest BCUT2D eigenvalue weighted by Crippen LogP contribution is -2.47. The van der Waals surface area contributed by atoms with E-state index in [-0.39, 0.29) is 17.4 Å². The van der Waals surface area contributed by atoms with E-state index in [0.29, 0.717) is 12.1 Å². The summed E-state index contributed by atoms with van der Waals surface area (Å²) in [4.78, 5) is 18.4. The van der Waals surface area contributed by atoms with Crippen molar-refractivity contribution in [3.8, 4) is 11.5 Å². The Morgan fingerprint density at radius 1 is 1.00 bits per heavy atom. The Kier molecular flexibility index (Phi) is 6.63. The lowest BCUT2D eigenvalue weighted by atomic mass is 9.96. The summed E-state index contributed by atoms with van der Waals surface area (Å²) in [5.41, 5.74) is 3.05. The van der Waals surface area contributed by atoms with Crippen LogP contribution in [0.1, 0.15) is 28.4 Å². The van der Waals surface area contributed by atoms with Gasteiger partial charge in [0.1, 0.15) is 11.5 Å². The van der Waals surface area contributed by atoms with Gasteiger partial charge in [0.25, 0.3) is 5.56 Å². The maximum Gasteiger partial charge on any atom is 0.259 e. The Morgan fingerprint density at radius 3 is 2.28 bits per heavy atom. The summed E-state index contributed by atoms with van der Waals surface area (Å²) in [5, 5.41) is 11.0. The van der Waals surface area contributed by atoms with E-state index >= 15 is 0 Å². The molecule has 0 spiro atoms. The zero-order valence-electron chi connectivity index (χ0n) is 19.0. The number of benzene rings is 2. The van der Waals surface area contributed by atoms with Crippen LogP contribution in [0.2, 0.25) is 0 Å². The zero-order chi connectivity index (χ0) is 22.7. The van der Waals surface area contributed by atoms with Crippen molar-refractivity contribution in [1.82, 2.24) is 14.4 Å². The number of ether oxygens (including phenoxy) is 1. The molecule has 168 valence electrons. The number of pyridine rings is 1. The molecule has 1 saturated heterocycles. The molecule has 2 aromatic carbocycles. The van der Waals surface area contributed by atoms with Crippen LogP contribution in [0.5, 0.6) is 11.5 Å². The molecule has 32 heavy (non-hydrogen) atoms. The summed E-state index contributed by atoms with van der Waals surface area (Å²) in [6.07, 6.45) is 0. The number of aromatic hydroxyl groups is 1. The van der Waals surface area contributed by atoms with Crippen LogP contribution < -0.4 is 10.3 Å². The number of methoxy groups -OCH3 is 1. The van der Waals surface area contributed by atoms with Crippen LogP contribution >= 0.6 is 0 Å². The third-order valence-corrected chi connectivity index (χ3v) is 6.31. The van der Waals surface area contributed by atoms with Gasteiger partial charge in [0.15, 0.2) is 0 Å². The van der Waals surface area contributed by atoms with Gasteiger partial charge in [-0.15, -0.1) is 0 Å². The average Bonchev–Trinajstić information content (AvgIpc) is 2.81. The number of hydrogen-bond donors (Lipinski definition) is 1. The van der Waals surface area contributed by atoms with Crippen molar-refractivity contribution in [2.24, 2.45) is 0 Å². The number of nitrogens with zero attached hydrogens (tertiary/aromatic N) is 3. The molecule has 1 fully saturated rings. The molecule has 1 aliphatic heterocycles. The van der Waals surface area contributed by atoms with Crippen LogP contribution in [-0.2, 0) is 6.54 Å². The molecule has 4 rings (SSSR count). The molecule has 3 aromatic rings. The van der Waals surface area contributed by atoms with Gasteiger partial charge >= 0.3 is 0 Å². The first-order valence-corrected chi connectivity index (χ1v) is 11.0. The SMILES string of the molecule is COc1ccc(Cn2c(C)cc(O)c([C@H](c3ccccc3)N3CCN(C)CC3)c2=O)cc1. The summed E-state index contributed by atoms with van der Waals surface area (Å²) in [6, 6.07) is 19.2. The largest absolute Gasteiger partial charge is 0.507 e. The van der Waals surface area contributed by atoms with Crippen molar-refractivity contribution in [1.29, 1.82) is 0 Å². The number of aryl methyl sites for hydroxylation is 1. The van der Waals surface area contributed by atoms with E-state index < -0.39 is 0 Å². The van der Waals surface area contributed by atoms with Gasteiger partial charge in [-0.1, -0.05) is 42.5 Å². The topological polar surface area (TPSA) is 57.9 Å². The van der Waals surface area contributed by atoms with Crippen LogP contribution in [0.25, 0.3) is 0 Å². The molecule has 6 heteroatoms. The summed E-state index contributed by atoms with van der Waals surface area (Å²) in [6.45, 7) is 5.82. The standard InChI is InChI=1S/C26H31N3O3/c1-19-17-23(30)24(26(31)29(19)18-20-9-11-22(32-3)12-10-20)25(21-7-5-4-6-8-21)28-15-13-27(2)14-16-28/h4-12,17,25,30H,13-16,18H2,1-3H3/t25-/m0/s1. The van der Waals surface area contributed by atoms with Crippen molar-refractivity contribution in [2.45, 2.75) is 19.5 Å². The Labute approximate surface area is 189 Å². The number of likely N-dealkylation sites (N-methyl/N-ethyl adjacent to an activating group) is 1. The Morgan fingerprint density at radius 2 is 1.66 bits per heavy atom. The predicted octanol–water partition coefficient (Wildman–Crippen LogP) is 3.26. The van der Waals surface area contributed by atoms with E-state index in [4.69, 9.17) is 4.74 Å². The van der Waals surface area contributed by atoms with Crippen molar-refractivity contribution in [2.75, 3.05) is 40.3 Å². The van der Waals surface area contributed by atoms with Gasteiger partial charge in [-0.3, -0.25) is 9.69 Å². The van der Waals surface area contributed by atoms with Crippen molar-refractivity contribution < 1.29 is 9.84 Å². The molecule has 1 aliphatic rings. The average molecular weight is 434 g/mol. The molecular weight excluding hydrogens is 402 g/mol. The number of piperazine rings is 1. The highest BCUT2D eigenvalue weighted by Gasteiger charge is 2.30. The van der Waals surface area contributed by atoms with Crippen LogP contribution in [0.15, 0.2) is 65.5 Å². The second-order valence-corrected chi connectivity index (χ2v) is 8.48. The quantitative estimate of drug-likeness (QED) is 0.647. The van der Waals surface area contributed by atoms with E-state index in [0.717, 1.165) is 48.7 Å². The molecule has 6 nitrogen and oxygen atoms in total. The number of aromatic nitrogens is 1. The Hall–Kier alpha value is -3.09. The molecule has 0 aliphatic carbocycles. The molecule has 0 amide bonds. The van der Waals surface area contributed by atoms with Crippen LogP contribution in [-0.4, -0.2) is 59.8 Å². The van der Waals surface area contributed by atoms with E-state index in [1.165, 1.54) is 0 Å². The molecule has 0 radical (unpaired) electrons. The van der Waals surface area contributed by atoms with Gasteiger partial charge in [0, 0.05) is 31.9 Å². The van der Waals surface area contributed by atoms with Gasteiger partial charge in [-0.05, 0) is 43.3 Å². The van der Waals surface area contributed by atoms with Crippen molar-refractivity contribution in [3.63, 3.8) is 0 Å². The first-order chi connectivity index (χ1) is 15.5. The molecule has 1 N–H and O–H groups in total. The van der Waals surface area contributed by atoms with Gasteiger partial charge in [-0.2, -0.15) is 0 Å². The maximum absolute atomic E-state index is 13.8. The monoisotopic (exact) mass is 433 g/mol.